The van der Waals surface area contributed by atoms with Gasteiger partial charge in [0.15, 0.2) is 0 Å². The van der Waals surface area contributed by atoms with Gasteiger partial charge in [0, 0.05) is 30.5 Å². The molecule has 0 spiro atoms. The number of amides is 1. The van der Waals surface area contributed by atoms with Crippen LogP contribution in [0.25, 0.3) is 11.3 Å². The largest absolute Gasteiger partial charge is 0.462 e. The summed E-state index contributed by atoms with van der Waals surface area (Å²) < 4.78 is 19.3. The molecule has 2 fully saturated rings. The fraction of sp³-hybridized carbons (Fsp3) is 0.389. The number of halogens is 1. The third-order valence-corrected chi connectivity index (χ3v) is 4.68. The van der Waals surface area contributed by atoms with Gasteiger partial charge in [-0.25, -0.2) is 9.18 Å². The molecule has 1 aromatic heterocycles. The number of aromatic nitrogens is 2. The van der Waals surface area contributed by atoms with Crippen LogP contribution in [0.2, 0.25) is 0 Å². The molecule has 1 aliphatic heterocycles. The standard InChI is InChI=1S/C18H18FN3O3/c19-15-4-2-1-3-13(15)17-14(8-20-21-17)18(24)25-10-11-7-16(23)22(9-11)12-5-6-12/h1-4,8,11-12H,5-7,9-10H2,(H,20,21)/t11-/m1/s1. The predicted octanol–water partition coefficient (Wildman–Crippen LogP) is 2.38. The zero-order chi connectivity index (χ0) is 17.4. The molecule has 1 atom stereocenters. The minimum atomic E-state index is -0.565. The molecule has 6 nitrogen and oxygen atoms in total. The molecule has 7 heteroatoms. The Labute approximate surface area is 144 Å². The molecule has 1 amide bonds. The van der Waals surface area contributed by atoms with Gasteiger partial charge in [-0.2, -0.15) is 5.10 Å². The Hall–Kier alpha value is -2.70. The van der Waals surface area contributed by atoms with Crippen LogP contribution in [-0.4, -0.2) is 46.2 Å². The van der Waals surface area contributed by atoms with Crippen LogP contribution in [-0.2, 0) is 9.53 Å². The number of rotatable bonds is 5. The molecule has 1 aliphatic carbocycles. The molecule has 130 valence electrons. The lowest BCUT2D eigenvalue weighted by atomic mass is 10.1. The number of hydrogen-bond donors (Lipinski definition) is 1. The van der Waals surface area contributed by atoms with E-state index in [1.54, 1.807) is 18.2 Å². The first-order valence-corrected chi connectivity index (χ1v) is 8.38. The minimum Gasteiger partial charge on any atom is -0.462 e. The minimum absolute atomic E-state index is 0.0147. The van der Waals surface area contributed by atoms with E-state index in [9.17, 15) is 14.0 Å². The molecule has 1 saturated heterocycles. The predicted molar refractivity (Wildman–Crippen MR) is 87.1 cm³/mol. The zero-order valence-corrected chi connectivity index (χ0v) is 13.6. The van der Waals surface area contributed by atoms with Gasteiger partial charge in [0.2, 0.25) is 5.91 Å². The van der Waals surface area contributed by atoms with Crippen molar-refractivity contribution in [1.82, 2.24) is 15.1 Å². The van der Waals surface area contributed by atoms with Crippen molar-refractivity contribution in [3.05, 3.63) is 41.8 Å². The number of carbonyl (C=O) groups is 2. The third kappa shape index (κ3) is 3.14. The number of hydrogen-bond acceptors (Lipinski definition) is 4. The molecule has 4 rings (SSSR count). The topological polar surface area (TPSA) is 75.3 Å². The lowest BCUT2D eigenvalue weighted by Gasteiger charge is -2.15. The number of likely N-dealkylation sites (tertiary alicyclic amines) is 1. The smallest absolute Gasteiger partial charge is 0.342 e. The SMILES string of the molecule is O=C(OC[C@@H]1CC(=O)N(C2CC2)C1)c1cn[nH]c1-c1ccccc1F. The van der Waals surface area contributed by atoms with Crippen LogP contribution in [0.15, 0.2) is 30.5 Å². The Morgan fingerprint density at radius 2 is 2.16 bits per heavy atom. The van der Waals surface area contributed by atoms with E-state index in [1.807, 2.05) is 4.90 Å². The molecule has 1 aromatic carbocycles. The van der Waals surface area contributed by atoms with E-state index in [2.05, 4.69) is 10.2 Å². The molecule has 0 bridgehead atoms. The quantitative estimate of drug-likeness (QED) is 0.846. The molecule has 1 N–H and O–H groups in total. The molecule has 25 heavy (non-hydrogen) atoms. The Morgan fingerprint density at radius 1 is 1.36 bits per heavy atom. The fourth-order valence-electron chi connectivity index (χ4n) is 3.24. The van der Waals surface area contributed by atoms with E-state index in [4.69, 9.17) is 4.74 Å². The average molecular weight is 343 g/mol. The van der Waals surface area contributed by atoms with Gasteiger partial charge in [0.25, 0.3) is 0 Å². The van der Waals surface area contributed by atoms with Crippen LogP contribution in [0, 0.1) is 11.7 Å². The van der Waals surface area contributed by atoms with E-state index in [0.717, 1.165) is 12.8 Å². The number of H-pyrrole nitrogens is 1. The molecule has 2 heterocycles. The molecular weight excluding hydrogens is 325 g/mol. The summed E-state index contributed by atoms with van der Waals surface area (Å²) in [5.41, 5.74) is 0.751. The van der Waals surface area contributed by atoms with E-state index < -0.39 is 11.8 Å². The summed E-state index contributed by atoms with van der Waals surface area (Å²) in [5.74, 6) is -0.855. The second kappa shape index (κ2) is 6.31. The van der Waals surface area contributed by atoms with E-state index in [-0.39, 0.29) is 29.6 Å². The Morgan fingerprint density at radius 3 is 2.92 bits per heavy atom. The highest BCUT2D eigenvalue weighted by atomic mass is 19.1. The van der Waals surface area contributed by atoms with E-state index >= 15 is 0 Å². The lowest BCUT2D eigenvalue weighted by molar-refractivity contribution is -0.128. The second-order valence-corrected chi connectivity index (χ2v) is 6.58. The number of aromatic amines is 1. The maximum Gasteiger partial charge on any atom is 0.342 e. The van der Waals surface area contributed by atoms with Crippen molar-refractivity contribution in [3.8, 4) is 11.3 Å². The van der Waals surface area contributed by atoms with Gasteiger partial charge in [-0.15, -0.1) is 0 Å². The van der Waals surface area contributed by atoms with Gasteiger partial charge in [0.1, 0.15) is 11.4 Å². The highest BCUT2D eigenvalue weighted by Gasteiger charge is 2.39. The van der Waals surface area contributed by atoms with Gasteiger partial charge >= 0.3 is 5.97 Å². The summed E-state index contributed by atoms with van der Waals surface area (Å²) in [6, 6.07) is 6.54. The normalized spacial score (nSPS) is 20.1. The Kier molecular flexibility index (Phi) is 3.99. The second-order valence-electron chi connectivity index (χ2n) is 6.58. The number of ether oxygens (including phenoxy) is 1. The van der Waals surface area contributed by atoms with Crippen molar-refractivity contribution in [1.29, 1.82) is 0 Å². The number of nitrogens with zero attached hydrogens (tertiary/aromatic N) is 2. The summed E-state index contributed by atoms with van der Waals surface area (Å²) in [7, 11) is 0. The number of carbonyl (C=O) groups excluding carboxylic acids is 2. The summed E-state index contributed by atoms with van der Waals surface area (Å²) >= 11 is 0. The van der Waals surface area contributed by atoms with Crippen molar-refractivity contribution in [2.24, 2.45) is 5.92 Å². The van der Waals surface area contributed by atoms with Crippen LogP contribution >= 0.6 is 0 Å². The van der Waals surface area contributed by atoms with Gasteiger partial charge in [-0.3, -0.25) is 9.89 Å². The van der Waals surface area contributed by atoms with Gasteiger partial charge in [-0.05, 0) is 25.0 Å². The highest BCUT2D eigenvalue weighted by molar-refractivity contribution is 5.96. The van der Waals surface area contributed by atoms with Crippen LogP contribution in [0.4, 0.5) is 4.39 Å². The molecular formula is C18H18FN3O3. The monoisotopic (exact) mass is 343 g/mol. The van der Waals surface area contributed by atoms with E-state index in [1.165, 1.54) is 12.3 Å². The molecule has 1 saturated carbocycles. The average Bonchev–Trinajstić information content (AvgIpc) is 3.20. The van der Waals surface area contributed by atoms with Crippen LogP contribution in [0.5, 0.6) is 0 Å². The molecule has 2 aliphatic rings. The van der Waals surface area contributed by atoms with E-state index in [0.29, 0.717) is 24.7 Å². The summed E-state index contributed by atoms with van der Waals surface area (Å²) in [4.78, 5) is 26.2. The van der Waals surface area contributed by atoms with Crippen molar-refractivity contribution >= 4 is 11.9 Å². The highest BCUT2D eigenvalue weighted by Crippen LogP contribution is 2.33. The number of nitrogens with one attached hydrogen (secondary N) is 1. The third-order valence-electron chi connectivity index (χ3n) is 4.68. The number of esters is 1. The van der Waals surface area contributed by atoms with Gasteiger partial charge in [0.05, 0.1) is 18.5 Å². The summed E-state index contributed by atoms with van der Waals surface area (Å²) in [6.07, 6.45) is 3.88. The van der Waals surface area contributed by atoms with Crippen LogP contribution in [0.3, 0.4) is 0 Å². The first-order valence-electron chi connectivity index (χ1n) is 8.38. The Balaban J connectivity index is 1.42. The van der Waals surface area contributed by atoms with Crippen LogP contribution in [0.1, 0.15) is 29.6 Å². The fourth-order valence-corrected chi connectivity index (χ4v) is 3.24. The van der Waals surface area contributed by atoms with Crippen molar-refractivity contribution in [2.45, 2.75) is 25.3 Å². The van der Waals surface area contributed by atoms with Crippen LogP contribution < -0.4 is 0 Å². The maximum absolute atomic E-state index is 14.0. The lowest BCUT2D eigenvalue weighted by Crippen LogP contribution is -2.27. The number of benzene rings is 1. The van der Waals surface area contributed by atoms with Crippen molar-refractivity contribution in [2.75, 3.05) is 13.2 Å². The summed E-state index contributed by atoms with van der Waals surface area (Å²) in [5, 5.41) is 6.50. The van der Waals surface area contributed by atoms with Gasteiger partial charge < -0.3 is 9.64 Å². The zero-order valence-electron chi connectivity index (χ0n) is 13.6. The first-order chi connectivity index (χ1) is 12.1. The summed E-state index contributed by atoms with van der Waals surface area (Å²) in [6.45, 7) is 0.817. The molecule has 2 aromatic rings. The Bertz CT molecular complexity index is 815. The van der Waals surface area contributed by atoms with Crippen molar-refractivity contribution in [3.63, 3.8) is 0 Å². The molecule has 0 radical (unpaired) electrons. The first kappa shape index (κ1) is 15.8. The maximum atomic E-state index is 14.0. The van der Waals surface area contributed by atoms with Gasteiger partial charge in [-0.1, -0.05) is 12.1 Å². The van der Waals surface area contributed by atoms with Crippen molar-refractivity contribution < 1.29 is 18.7 Å². The molecule has 0 unspecified atom stereocenters.